The molecule has 2 aromatic carbocycles. The summed E-state index contributed by atoms with van der Waals surface area (Å²) in [6, 6.07) is 16.6. The van der Waals surface area contributed by atoms with Gasteiger partial charge in [-0.15, -0.1) is 11.3 Å². The van der Waals surface area contributed by atoms with Gasteiger partial charge in [0.2, 0.25) is 0 Å². The van der Waals surface area contributed by atoms with Crippen LogP contribution in [0.1, 0.15) is 23.3 Å². The van der Waals surface area contributed by atoms with Crippen molar-refractivity contribution in [2.75, 3.05) is 5.73 Å². The lowest BCUT2D eigenvalue weighted by molar-refractivity contribution is 0.757. The second-order valence-electron chi connectivity index (χ2n) is 5.57. The molecule has 3 aromatic rings. The molecule has 0 radical (unpaired) electrons. The summed E-state index contributed by atoms with van der Waals surface area (Å²) in [6.45, 7) is 2.29. The van der Waals surface area contributed by atoms with Gasteiger partial charge in [0.25, 0.3) is 0 Å². The Morgan fingerprint density at radius 1 is 1.05 bits per heavy atom. The standard InChI is InChI=1S/C18H16N2S/c1-11-10-16-17(13-7-3-2-6-12(11)13)20-18(21-16)14-8-4-5-9-15(14)19/h2-9,11H,10,19H2,1H3. The van der Waals surface area contributed by atoms with Crippen LogP contribution in [0.2, 0.25) is 0 Å². The number of aromatic nitrogens is 1. The number of rotatable bonds is 1. The number of nitrogens with two attached hydrogens (primary N) is 1. The Morgan fingerprint density at radius 3 is 2.57 bits per heavy atom. The monoisotopic (exact) mass is 292 g/mol. The van der Waals surface area contributed by atoms with E-state index in [1.807, 2.05) is 18.2 Å². The van der Waals surface area contributed by atoms with Gasteiger partial charge in [-0.05, 0) is 30.0 Å². The van der Waals surface area contributed by atoms with E-state index in [9.17, 15) is 0 Å². The van der Waals surface area contributed by atoms with Gasteiger partial charge in [-0.2, -0.15) is 0 Å². The third-order valence-electron chi connectivity index (χ3n) is 4.13. The summed E-state index contributed by atoms with van der Waals surface area (Å²) in [7, 11) is 0. The Morgan fingerprint density at radius 2 is 1.76 bits per heavy atom. The lowest BCUT2D eigenvalue weighted by Crippen LogP contribution is -2.06. The van der Waals surface area contributed by atoms with Crippen LogP contribution in [0.3, 0.4) is 0 Å². The number of fused-ring (bicyclic) bond motifs is 3. The van der Waals surface area contributed by atoms with Crippen LogP contribution < -0.4 is 5.73 Å². The second-order valence-corrected chi connectivity index (χ2v) is 6.65. The van der Waals surface area contributed by atoms with Crippen molar-refractivity contribution in [3.63, 3.8) is 0 Å². The quantitative estimate of drug-likeness (QED) is 0.659. The number of anilines is 1. The lowest BCUT2D eigenvalue weighted by Gasteiger charge is -2.21. The number of benzene rings is 2. The molecule has 2 nitrogen and oxygen atoms in total. The van der Waals surface area contributed by atoms with Crippen molar-refractivity contribution in [3.05, 3.63) is 59.0 Å². The van der Waals surface area contributed by atoms with Gasteiger partial charge in [-0.25, -0.2) is 4.98 Å². The topological polar surface area (TPSA) is 38.9 Å². The zero-order valence-corrected chi connectivity index (χ0v) is 12.7. The van der Waals surface area contributed by atoms with Crippen LogP contribution in [0.25, 0.3) is 21.8 Å². The molecule has 1 aliphatic rings. The van der Waals surface area contributed by atoms with E-state index in [1.165, 1.54) is 16.0 Å². The minimum Gasteiger partial charge on any atom is -0.398 e. The van der Waals surface area contributed by atoms with Gasteiger partial charge >= 0.3 is 0 Å². The molecule has 1 heterocycles. The van der Waals surface area contributed by atoms with E-state index in [-0.39, 0.29) is 0 Å². The molecule has 1 aliphatic carbocycles. The van der Waals surface area contributed by atoms with Crippen molar-refractivity contribution < 1.29 is 0 Å². The van der Waals surface area contributed by atoms with E-state index >= 15 is 0 Å². The van der Waals surface area contributed by atoms with Gasteiger partial charge in [-0.1, -0.05) is 43.3 Å². The smallest absolute Gasteiger partial charge is 0.126 e. The fraction of sp³-hybridized carbons (Fsp3) is 0.167. The van der Waals surface area contributed by atoms with Crippen molar-refractivity contribution in [1.29, 1.82) is 0 Å². The molecule has 0 bridgehead atoms. The molecule has 104 valence electrons. The van der Waals surface area contributed by atoms with Crippen LogP contribution in [-0.2, 0) is 6.42 Å². The third-order valence-corrected chi connectivity index (χ3v) is 5.24. The molecule has 0 saturated heterocycles. The molecule has 1 aromatic heterocycles. The Balaban J connectivity index is 1.90. The summed E-state index contributed by atoms with van der Waals surface area (Å²) in [6.07, 6.45) is 1.07. The first-order valence-electron chi connectivity index (χ1n) is 7.18. The summed E-state index contributed by atoms with van der Waals surface area (Å²) < 4.78 is 0. The van der Waals surface area contributed by atoms with Crippen molar-refractivity contribution in [2.45, 2.75) is 19.3 Å². The Kier molecular flexibility index (Phi) is 2.82. The molecule has 0 fully saturated rings. The molecule has 1 unspecified atom stereocenters. The van der Waals surface area contributed by atoms with E-state index in [0.717, 1.165) is 28.4 Å². The van der Waals surface area contributed by atoms with Gasteiger partial charge in [0.15, 0.2) is 0 Å². The first kappa shape index (κ1) is 12.6. The molecule has 0 spiro atoms. The number of para-hydroxylation sites is 1. The van der Waals surface area contributed by atoms with Crippen LogP contribution in [0, 0.1) is 0 Å². The predicted molar refractivity (Wildman–Crippen MR) is 89.5 cm³/mol. The van der Waals surface area contributed by atoms with E-state index in [1.54, 1.807) is 11.3 Å². The fourth-order valence-corrected chi connectivity index (χ4v) is 4.29. The van der Waals surface area contributed by atoms with E-state index in [0.29, 0.717) is 5.92 Å². The van der Waals surface area contributed by atoms with Crippen LogP contribution in [-0.4, -0.2) is 4.98 Å². The Hall–Kier alpha value is -2.13. The normalized spacial score (nSPS) is 16.3. The van der Waals surface area contributed by atoms with Crippen LogP contribution in [0.15, 0.2) is 48.5 Å². The van der Waals surface area contributed by atoms with Crippen molar-refractivity contribution in [1.82, 2.24) is 4.98 Å². The maximum Gasteiger partial charge on any atom is 0.126 e. The third kappa shape index (κ3) is 1.96. The summed E-state index contributed by atoms with van der Waals surface area (Å²) >= 11 is 1.78. The van der Waals surface area contributed by atoms with Crippen molar-refractivity contribution >= 4 is 17.0 Å². The molecule has 0 saturated carbocycles. The maximum atomic E-state index is 6.10. The van der Waals surface area contributed by atoms with E-state index in [4.69, 9.17) is 10.7 Å². The van der Waals surface area contributed by atoms with E-state index in [2.05, 4.69) is 37.3 Å². The zero-order valence-electron chi connectivity index (χ0n) is 11.8. The minimum atomic E-state index is 0.551. The molecule has 4 rings (SSSR count). The van der Waals surface area contributed by atoms with Gasteiger partial charge in [0.1, 0.15) is 5.01 Å². The number of hydrogen-bond acceptors (Lipinski definition) is 3. The number of nitrogens with zero attached hydrogens (tertiary/aromatic N) is 1. The highest BCUT2D eigenvalue weighted by Gasteiger charge is 2.25. The summed E-state index contributed by atoms with van der Waals surface area (Å²) in [5.41, 5.74) is 11.8. The Labute approximate surface area is 128 Å². The van der Waals surface area contributed by atoms with Gasteiger partial charge in [0, 0.05) is 21.7 Å². The number of nitrogen functional groups attached to an aromatic ring is 1. The summed E-state index contributed by atoms with van der Waals surface area (Å²) in [5.74, 6) is 0.551. The molecule has 2 N–H and O–H groups in total. The van der Waals surface area contributed by atoms with Crippen molar-refractivity contribution in [2.24, 2.45) is 0 Å². The lowest BCUT2D eigenvalue weighted by atomic mass is 9.86. The minimum absolute atomic E-state index is 0.551. The van der Waals surface area contributed by atoms with Crippen LogP contribution in [0.4, 0.5) is 5.69 Å². The first-order chi connectivity index (χ1) is 10.2. The van der Waals surface area contributed by atoms with Crippen LogP contribution in [0.5, 0.6) is 0 Å². The van der Waals surface area contributed by atoms with Crippen molar-refractivity contribution in [3.8, 4) is 21.8 Å². The SMILES string of the molecule is CC1Cc2sc(-c3ccccc3N)nc2-c2ccccc21. The van der Waals surface area contributed by atoms with E-state index < -0.39 is 0 Å². The molecule has 3 heteroatoms. The molecular formula is C18H16N2S. The first-order valence-corrected chi connectivity index (χ1v) is 7.99. The fourth-order valence-electron chi connectivity index (χ4n) is 3.04. The van der Waals surface area contributed by atoms with Gasteiger partial charge < -0.3 is 5.73 Å². The number of hydrogen-bond donors (Lipinski definition) is 1. The second kappa shape index (κ2) is 4.71. The molecular weight excluding hydrogens is 276 g/mol. The molecule has 0 aliphatic heterocycles. The highest BCUT2D eigenvalue weighted by atomic mass is 32.1. The predicted octanol–water partition coefficient (Wildman–Crippen LogP) is 4.72. The Bertz CT molecular complexity index is 820. The molecule has 0 amide bonds. The number of thiazole rings is 1. The average Bonchev–Trinajstić information content (AvgIpc) is 2.92. The zero-order chi connectivity index (χ0) is 14.4. The van der Waals surface area contributed by atoms with Gasteiger partial charge in [-0.3, -0.25) is 0 Å². The maximum absolute atomic E-state index is 6.10. The highest BCUT2D eigenvalue weighted by molar-refractivity contribution is 7.15. The van der Waals surface area contributed by atoms with Crippen LogP contribution >= 0.6 is 11.3 Å². The molecule has 21 heavy (non-hydrogen) atoms. The summed E-state index contributed by atoms with van der Waals surface area (Å²) in [4.78, 5) is 6.27. The van der Waals surface area contributed by atoms with Gasteiger partial charge in [0.05, 0.1) is 5.69 Å². The molecule has 1 atom stereocenters. The highest BCUT2D eigenvalue weighted by Crippen LogP contribution is 2.44. The summed E-state index contributed by atoms with van der Waals surface area (Å²) in [5, 5.41) is 1.03. The largest absolute Gasteiger partial charge is 0.398 e. The average molecular weight is 292 g/mol.